The SMILES string of the molecule is CNC1CCC(N(C)CC(=O)NNc2ccccn2)CC1. The van der Waals surface area contributed by atoms with Crippen molar-refractivity contribution in [3.63, 3.8) is 0 Å². The van der Waals surface area contributed by atoms with E-state index in [2.05, 4.69) is 26.1 Å². The summed E-state index contributed by atoms with van der Waals surface area (Å²) >= 11 is 0. The Bertz CT molecular complexity index is 431. The Kier molecular flexibility index (Phi) is 5.95. The minimum Gasteiger partial charge on any atom is -0.317 e. The lowest BCUT2D eigenvalue weighted by molar-refractivity contribution is -0.122. The van der Waals surface area contributed by atoms with Crippen molar-refractivity contribution >= 4 is 11.7 Å². The van der Waals surface area contributed by atoms with E-state index in [0.717, 1.165) is 12.8 Å². The predicted octanol–water partition coefficient (Wildman–Crippen LogP) is 0.987. The van der Waals surface area contributed by atoms with Gasteiger partial charge in [-0.2, -0.15) is 0 Å². The largest absolute Gasteiger partial charge is 0.317 e. The standard InChI is InChI=1S/C15H25N5O/c1-16-12-6-8-13(9-7-12)20(2)11-15(21)19-18-14-5-3-4-10-17-14/h3-5,10,12-13,16H,6-9,11H2,1-2H3,(H,17,18)(H,19,21). The molecule has 0 radical (unpaired) electrons. The third-order valence-electron chi connectivity index (χ3n) is 4.12. The lowest BCUT2D eigenvalue weighted by atomic mass is 9.90. The topological polar surface area (TPSA) is 69.3 Å². The van der Waals surface area contributed by atoms with E-state index in [4.69, 9.17) is 0 Å². The number of rotatable bonds is 6. The second-order valence-electron chi connectivity index (χ2n) is 5.60. The molecule has 1 aromatic rings. The van der Waals surface area contributed by atoms with Crippen LogP contribution in [0.15, 0.2) is 24.4 Å². The number of hydrogen-bond donors (Lipinski definition) is 3. The van der Waals surface area contributed by atoms with E-state index in [1.165, 1.54) is 12.8 Å². The number of likely N-dealkylation sites (N-methyl/N-ethyl adjacent to an activating group) is 1. The van der Waals surface area contributed by atoms with Crippen LogP contribution in [0.2, 0.25) is 0 Å². The molecule has 1 aromatic heterocycles. The lowest BCUT2D eigenvalue weighted by Crippen LogP contribution is -2.45. The molecular weight excluding hydrogens is 266 g/mol. The Balaban J connectivity index is 1.70. The highest BCUT2D eigenvalue weighted by Crippen LogP contribution is 2.21. The molecule has 6 nitrogen and oxygen atoms in total. The van der Waals surface area contributed by atoms with Gasteiger partial charge in [-0.15, -0.1) is 0 Å². The zero-order valence-electron chi connectivity index (χ0n) is 12.8. The predicted molar refractivity (Wildman–Crippen MR) is 83.7 cm³/mol. The molecule has 1 heterocycles. The van der Waals surface area contributed by atoms with Crippen LogP contribution in [0.4, 0.5) is 5.82 Å². The summed E-state index contributed by atoms with van der Waals surface area (Å²) in [4.78, 5) is 18.2. The van der Waals surface area contributed by atoms with Crippen molar-refractivity contribution in [3.8, 4) is 0 Å². The van der Waals surface area contributed by atoms with E-state index in [9.17, 15) is 4.79 Å². The van der Waals surface area contributed by atoms with Gasteiger partial charge < -0.3 is 5.32 Å². The molecule has 1 saturated carbocycles. The van der Waals surface area contributed by atoms with Crippen molar-refractivity contribution in [1.82, 2.24) is 20.6 Å². The van der Waals surface area contributed by atoms with Gasteiger partial charge in [-0.25, -0.2) is 4.98 Å². The van der Waals surface area contributed by atoms with E-state index in [1.807, 2.05) is 32.3 Å². The number of hydrogen-bond acceptors (Lipinski definition) is 5. The molecule has 0 aromatic carbocycles. The Hall–Kier alpha value is -1.66. The van der Waals surface area contributed by atoms with Crippen molar-refractivity contribution < 1.29 is 4.79 Å². The van der Waals surface area contributed by atoms with Gasteiger partial charge in [0.15, 0.2) is 0 Å². The van der Waals surface area contributed by atoms with Gasteiger partial charge in [0.1, 0.15) is 5.82 Å². The maximum atomic E-state index is 11.9. The number of carbonyl (C=O) groups excluding carboxylic acids is 1. The fourth-order valence-electron chi connectivity index (χ4n) is 2.77. The maximum absolute atomic E-state index is 11.9. The number of hydrazine groups is 1. The van der Waals surface area contributed by atoms with Crippen molar-refractivity contribution in [2.45, 2.75) is 37.8 Å². The molecule has 1 aliphatic carbocycles. The van der Waals surface area contributed by atoms with Crippen LogP contribution in [-0.4, -0.2) is 48.5 Å². The molecule has 21 heavy (non-hydrogen) atoms. The number of amides is 1. The summed E-state index contributed by atoms with van der Waals surface area (Å²) in [6.07, 6.45) is 6.32. The monoisotopic (exact) mass is 291 g/mol. The van der Waals surface area contributed by atoms with Crippen LogP contribution >= 0.6 is 0 Å². The third kappa shape index (κ3) is 4.99. The summed E-state index contributed by atoms with van der Waals surface area (Å²) < 4.78 is 0. The Morgan fingerprint density at radius 1 is 1.33 bits per heavy atom. The van der Waals surface area contributed by atoms with E-state index in [-0.39, 0.29) is 5.91 Å². The van der Waals surface area contributed by atoms with E-state index in [1.54, 1.807) is 6.20 Å². The molecule has 0 bridgehead atoms. The molecule has 3 N–H and O–H groups in total. The lowest BCUT2D eigenvalue weighted by Gasteiger charge is -2.34. The average Bonchev–Trinajstić information content (AvgIpc) is 2.54. The molecule has 2 rings (SSSR count). The highest BCUT2D eigenvalue weighted by molar-refractivity contribution is 5.79. The Labute approximate surface area is 126 Å². The maximum Gasteiger partial charge on any atom is 0.252 e. The number of pyridine rings is 1. The highest BCUT2D eigenvalue weighted by atomic mass is 16.2. The van der Waals surface area contributed by atoms with Gasteiger partial charge in [0.05, 0.1) is 6.54 Å². The summed E-state index contributed by atoms with van der Waals surface area (Å²) in [7, 11) is 4.04. The van der Waals surface area contributed by atoms with Crippen LogP contribution in [-0.2, 0) is 4.79 Å². The van der Waals surface area contributed by atoms with Crippen molar-refractivity contribution in [2.75, 3.05) is 26.1 Å². The molecule has 6 heteroatoms. The molecule has 0 aliphatic heterocycles. The molecule has 1 amide bonds. The van der Waals surface area contributed by atoms with Gasteiger partial charge in [0.25, 0.3) is 5.91 Å². The van der Waals surface area contributed by atoms with Crippen LogP contribution in [0.1, 0.15) is 25.7 Å². The quantitative estimate of drug-likeness (QED) is 0.682. The molecule has 0 saturated heterocycles. The number of nitrogens with zero attached hydrogens (tertiary/aromatic N) is 2. The third-order valence-corrected chi connectivity index (χ3v) is 4.12. The summed E-state index contributed by atoms with van der Waals surface area (Å²) in [6, 6.07) is 6.64. The summed E-state index contributed by atoms with van der Waals surface area (Å²) in [5.74, 6) is 0.599. The second kappa shape index (κ2) is 7.95. The normalized spacial score (nSPS) is 22.0. The van der Waals surface area contributed by atoms with E-state index >= 15 is 0 Å². The molecule has 116 valence electrons. The fourth-order valence-corrected chi connectivity index (χ4v) is 2.77. The van der Waals surface area contributed by atoms with Gasteiger partial charge in [-0.3, -0.25) is 20.5 Å². The van der Waals surface area contributed by atoms with E-state index < -0.39 is 0 Å². The summed E-state index contributed by atoms with van der Waals surface area (Å²) in [5.41, 5.74) is 5.51. The van der Waals surface area contributed by atoms with Crippen molar-refractivity contribution in [3.05, 3.63) is 24.4 Å². The van der Waals surface area contributed by atoms with Crippen LogP contribution in [0, 0.1) is 0 Å². The first-order valence-electron chi connectivity index (χ1n) is 7.52. The number of carbonyl (C=O) groups is 1. The molecular formula is C15H25N5O. The van der Waals surface area contributed by atoms with Crippen molar-refractivity contribution in [1.29, 1.82) is 0 Å². The van der Waals surface area contributed by atoms with Gasteiger partial charge in [0.2, 0.25) is 0 Å². The van der Waals surface area contributed by atoms with Crippen LogP contribution < -0.4 is 16.2 Å². The van der Waals surface area contributed by atoms with Gasteiger partial charge >= 0.3 is 0 Å². The summed E-state index contributed by atoms with van der Waals surface area (Å²) in [5, 5.41) is 3.33. The van der Waals surface area contributed by atoms with Gasteiger partial charge in [-0.05, 0) is 51.9 Å². The molecule has 0 unspecified atom stereocenters. The molecule has 1 aliphatic rings. The first-order valence-corrected chi connectivity index (χ1v) is 7.52. The second-order valence-corrected chi connectivity index (χ2v) is 5.60. The van der Waals surface area contributed by atoms with Gasteiger partial charge in [-0.1, -0.05) is 6.07 Å². The van der Waals surface area contributed by atoms with E-state index in [0.29, 0.717) is 24.4 Å². The van der Waals surface area contributed by atoms with Crippen LogP contribution in [0.25, 0.3) is 0 Å². The smallest absolute Gasteiger partial charge is 0.252 e. The van der Waals surface area contributed by atoms with Crippen LogP contribution in [0.5, 0.6) is 0 Å². The summed E-state index contributed by atoms with van der Waals surface area (Å²) in [6.45, 7) is 0.398. The van der Waals surface area contributed by atoms with Crippen LogP contribution in [0.3, 0.4) is 0 Å². The number of anilines is 1. The zero-order valence-corrected chi connectivity index (χ0v) is 12.8. The average molecular weight is 291 g/mol. The fraction of sp³-hybridized carbons (Fsp3) is 0.600. The molecule has 0 atom stereocenters. The molecule has 1 fully saturated rings. The number of aromatic nitrogens is 1. The Morgan fingerprint density at radius 3 is 2.71 bits per heavy atom. The molecule has 0 spiro atoms. The first kappa shape index (κ1) is 15.7. The highest BCUT2D eigenvalue weighted by Gasteiger charge is 2.24. The minimum atomic E-state index is -0.0427. The van der Waals surface area contributed by atoms with Gasteiger partial charge in [0, 0.05) is 18.3 Å². The number of nitrogens with one attached hydrogen (secondary N) is 3. The zero-order chi connectivity index (χ0) is 15.1. The first-order chi connectivity index (χ1) is 10.2. The minimum absolute atomic E-state index is 0.0427. The Morgan fingerprint density at radius 2 is 2.10 bits per heavy atom. The van der Waals surface area contributed by atoms with Crippen molar-refractivity contribution in [2.24, 2.45) is 0 Å².